The highest BCUT2D eigenvalue weighted by atomic mass is 16.5. The van der Waals surface area contributed by atoms with Crippen LogP contribution in [0.4, 0.5) is 16.4 Å². The van der Waals surface area contributed by atoms with E-state index in [1.807, 2.05) is 16.7 Å². The molecule has 4 aromatic rings. The van der Waals surface area contributed by atoms with Gasteiger partial charge in [0.25, 0.3) is 5.91 Å². The Balaban J connectivity index is 1.49. The maximum absolute atomic E-state index is 13.6. The number of benzene rings is 2. The standard InChI is InChI=1S/C30H31N7O4/c1-2-41-30(40)35-27(31)22-13-12-21-16-24(29(39)34-25-6-5-7-26(33-25)36-14-3-4-15-36)37(23(21)17-22)18-19-8-10-20(11-9-19)28(32)38/h5-13,16-17H,2-4,14-15,18H2,1H3,(H2,32,38)(H2,31,35,40)(H,33,34,39). The molecular formula is C30H31N7O4. The van der Waals surface area contributed by atoms with Crippen LogP contribution in [0, 0.1) is 5.41 Å². The number of fused-ring (bicyclic) bond motifs is 1. The highest BCUT2D eigenvalue weighted by molar-refractivity contribution is 6.09. The van der Waals surface area contributed by atoms with Crippen molar-refractivity contribution in [1.82, 2.24) is 14.9 Å². The van der Waals surface area contributed by atoms with E-state index in [1.165, 1.54) is 0 Å². The molecule has 1 fully saturated rings. The average molecular weight is 554 g/mol. The molecule has 3 heterocycles. The average Bonchev–Trinajstić information content (AvgIpc) is 3.62. The fraction of sp³-hybridized carbons (Fsp3) is 0.233. The molecule has 1 saturated heterocycles. The van der Waals surface area contributed by atoms with Gasteiger partial charge in [-0.1, -0.05) is 30.3 Å². The number of pyridine rings is 1. The maximum Gasteiger partial charge on any atom is 0.412 e. The minimum Gasteiger partial charge on any atom is -0.450 e. The summed E-state index contributed by atoms with van der Waals surface area (Å²) in [6, 6.07) is 19.4. The minimum absolute atomic E-state index is 0.127. The number of aromatic nitrogens is 2. The minimum atomic E-state index is -0.716. The van der Waals surface area contributed by atoms with Crippen LogP contribution >= 0.6 is 0 Å². The molecule has 5 rings (SSSR count). The van der Waals surface area contributed by atoms with E-state index >= 15 is 0 Å². The summed E-state index contributed by atoms with van der Waals surface area (Å²) in [6.07, 6.45) is 1.52. The Morgan fingerprint density at radius 2 is 1.73 bits per heavy atom. The van der Waals surface area contributed by atoms with E-state index in [1.54, 1.807) is 61.5 Å². The molecule has 0 atom stereocenters. The van der Waals surface area contributed by atoms with Crippen molar-refractivity contribution < 1.29 is 19.1 Å². The monoisotopic (exact) mass is 553 g/mol. The molecule has 3 amide bonds. The van der Waals surface area contributed by atoms with Crippen LogP contribution in [0.3, 0.4) is 0 Å². The molecular weight excluding hydrogens is 522 g/mol. The second kappa shape index (κ2) is 11.9. The number of primary amides is 1. The number of ether oxygens (including phenoxy) is 1. The third kappa shape index (κ3) is 6.19. The molecule has 5 N–H and O–H groups in total. The molecule has 11 heteroatoms. The molecule has 210 valence electrons. The van der Waals surface area contributed by atoms with Gasteiger partial charge in [-0.15, -0.1) is 0 Å². The molecule has 0 spiro atoms. The van der Waals surface area contributed by atoms with Crippen molar-refractivity contribution in [3.63, 3.8) is 0 Å². The Kier molecular flexibility index (Phi) is 7.95. The van der Waals surface area contributed by atoms with E-state index in [0.29, 0.717) is 34.7 Å². The van der Waals surface area contributed by atoms with E-state index in [0.717, 1.165) is 42.7 Å². The van der Waals surface area contributed by atoms with Gasteiger partial charge in [0.2, 0.25) is 5.91 Å². The lowest BCUT2D eigenvalue weighted by Gasteiger charge is -2.17. The van der Waals surface area contributed by atoms with Crippen LogP contribution in [-0.2, 0) is 11.3 Å². The molecule has 0 unspecified atom stereocenters. The first-order valence-electron chi connectivity index (χ1n) is 13.4. The number of nitrogens with two attached hydrogens (primary N) is 1. The lowest BCUT2D eigenvalue weighted by Crippen LogP contribution is -2.31. The summed E-state index contributed by atoms with van der Waals surface area (Å²) in [5.74, 6) is 0.278. The van der Waals surface area contributed by atoms with Gasteiger partial charge in [-0.2, -0.15) is 0 Å². The van der Waals surface area contributed by atoms with E-state index in [2.05, 4.69) is 20.5 Å². The highest BCUT2D eigenvalue weighted by Crippen LogP contribution is 2.25. The number of amidine groups is 1. The first-order chi connectivity index (χ1) is 19.8. The fourth-order valence-electron chi connectivity index (χ4n) is 4.86. The smallest absolute Gasteiger partial charge is 0.412 e. The number of anilines is 2. The molecule has 1 aliphatic rings. The van der Waals surface area contributed by atoms with Crippen molar-refractivity contribution in [2.24, 2.45) is 5.73 Å². The summed E-state index contributed by atoms with van der Waals surface area (Å²) in [6.45, 7) is 4.05. The van der Waals surface area contributed by atoms with Crippen LogP contribution in [0.15, 0.2) is 66.7 Å². The molecule has 0 saturated carbocycles. The van der Waals surface area contributed by atoms with Gasteiger partial charge in [-0.25, -0.2) is 9.78 Å². The van der Waals surface area contributed by atoms with Crippen molar-refractivity contribution >= 4 is 46.3 Å². The predicted octanol–water partition coefficient (Wildman–Crippen LogP) is 4.11. The van der Waals surface area contributed by atoms with Crippen molar-refractivity contribution in [3.05, 3.63) is 89.1 Å². The maximum atomic E-state index is 13.6. The molecule has 2 aromatic carbocycles. The van der Waals surface area contributed by atoms with E-state index in [9.17, 15) is 14.4 Å². The second-order valence-electron chi connectivity index (χ2n) is 9.70. The molecule has 41 heavy (non-hydrogen) atoms. The Morgan fingerprint density at radius 3 is 2.44 bits per heavy atom. The van der Waals surface area contributed by atoms with Crippen LogP contribution < -0.4 is 21.3 Å². The van der Waals surface area contributed by atoms with Crippen LogP contribution in [0.2, 0.25) is 0 Å². The molecule has 11 nitrogen and oxygen atoms in total. The number of alkyl carbamates (subject to hydrolysis) is 1. The van der Waals surface area contributed by atoms with Crippen molar-refractivity contribution in [1.29, 1.82) is 5.41 Å². The summed E-state index contributed by atoms with van der Waals surface area (Å²) in [5.41, 5.74) is 8.12. The van der Waals surface area contributed by atoms with Gasteiger partial charge in [0.05, 0.1) is 6.61 Å². The van der Waals surface area contributed by atoms with Gasteiger partial charge >= 0.3 is 6.09 Å². The summed E-state index contributed by atoms with van der Waals surface area (Å²) in [7, 11) is 0. The SMILES string of the molecule is CCOC(=O)NC(=N)c1ccc2cc(C(=O)Nc3cccc(N4CCCC4)n3)n(Cc3ccc(C(N)=O)cc3)c2c1. The number of rotatable bonds is 8. The van der Waals surface area contributed by atoms with Gasteiger partial charge < -0.3 is 25.3 Å². The quantitative estimate of drug-likeness (QED) is 0.190. The first kappa shape index (κ1) is 27.4. The van der Waals surface area contributed by atoms with E-state index in [4.69, 9.17) is 15.9 Å². The number of amides is 3. The zero-order valence-corrected chi connectivity index (χ0v) is 22.6. The molecule has 2 aromatic heterocycles. The van der Waals surface area contributed by atoms with Crippen LogP contribution in [0.5, 0.6) is 0 Å². The zero-order chi connectivity index (χ0) is 28.9. The number of carbonyl (C=O) groups excluding carboxylic acids is 3. The van der Waals surface area contributed by atoms with Crippen LogP contribution in [0.25, 0.3) is 10.9 Å². The number of nitrogens with zero attached hydrogens (tertiary/aromatic N) is 3. The van der Waals surface area contributed by atoms with Crippen molar-refractivity contribution in [2.75, 3.05) is 29.9 Å². The van der Waals surface area contributed by atoms with E-state index < -0.39 is 12.0 Å². The largest absolute Gasteiger partial charge is 0.450 e. The second-order valence-corrected chi connectivity index (χ2v) is 9.70. The molecule has 1 aliphatic heterocycles. The third-order valence-electron chi connectivity index (χ3n) is 6.91. The Morgan fingerprint density at radius 1 is 1.00 bits per heavy atom. The fourth-order valence-corrected chi connectivity index (χ4v) is 4.86. The summed E-state index contributed by atoms with van der Waals surface area (Å²) in [4.78, 5) is 43.9. The lowest BCUT2D eigenvalue weighted by molar-refractivity contribution is 0.0996. The number of hydrogen-bond acceptors (Lipinski definition) is 7. The normalized spacial score (nSPS) is 12.8. The van der Waals surface area contributed by atoms with Crippen LogP contribution in [0.1, 0.15) is 51.7 Å². The van der Waals surface area contributed by atoms with Gasteiger partial charge in [0, 0.05) is 41.7 Å². The van der Waals surface area contributed by atoms with Crippen molar-refractivity contribution in [2.45, 2.75) is 26.3 Å². The van der Waals surface area contributed by atoms with Crippen molar-refractivity contribution in [3.8, 4) is 0 Å². The van der Waals surface area contributed by atoms with Gasteiger partial charge in [0.1, 0.15) is 23.2 Å². The zero-order valence-electron chi connectivity index (χ0n) is 22.6. The Hall–Kier alpha value is -5.19. The van der Waals surface area contributed by atoms with Gasteiger partial charge in [-0.05, 0) is 61.7 Å². The van der Waals surface area contributed by atoms with E-state index in [-0.39, 0.29) is 18.3 Å². The summed E-state index contributed by atoms with van der Waals surface area (Å²) < 4.78 is 6.72. The Labute approximate surface area is 236 Å². The molecule has 0 aliphatic carbocycles. The Bertz CT molecular complexity index is 1620. The molecule has 0 bridgehead atoms. The molecule has 0 radical (unpaired) electrons. The lowest BCUT2D eigenvalue weighted by atomic mass is 10.1. The topological polar surface area (TPSA) is 155 Å². The van der Waals surface area contributed by atoms with Gasteiger partial charge in [-0.3, -0.25) is 20.3 Å². The first-order valence-corrected chi connectivity index (χ1v) is 13.4. The van der Waals surface area contributed by atoms with Gasteiger partial charge in [0.15, 0.2) is 0 Å². The summed E-state index contributed by atoms with van der Waals surface area (Å²) in [5, 5.41) is 14.5. The third-order valence-corrected chi connectivity index (χ3v) is 6.91. The van der Waals surface area contributed by atoms with Crippen LogP contribution in [-0.4, -0.2) is 53.0 Å². The number of carbonyl (C=O) groups is 3. The highest BCUT2D eigenvalue weighted by Gasteiger charge is 2.20. The number of hydrogen-bond donors (Lipinski definition) is 4. The predicted molar refractivity (Wildman–Crippen MR) is 157 cm³/mol. The number of nitrogens with one attached hydrogen (secondary N) is 3. The summed E-state index contributed by atoms with van der Waals surface area (Å²) >= 11 is 0.